The van der Waals surface area contributed by atoms with E-state index in [4.69, 9.17) is 14.5 Å². The molecule has 0 radical (unpaired) electrons. The molecular weight excluding hydrogens is 428 g/mol. The molecule has 2 aromatic rings. The highest BCUT2D eigenvalue weighted by Gasteiger charge is 2.30. The summed E-state index contributed by atoms with van der Waals surface area (Å²) in [7, 11) is 0. The van der Waals surface area contributed by atoms with Crippen molar-refractivity contribution in [1.82, 2.24) is 4.90 Å². The van der Waals surface area contributed by atoms with Gasteiger partial charge in [-0.2, -0.15) is 0 Å². The highest BCUT2D eigenvalue weighted by Crippen LogP contribution is 2.26. The van der Waals surface area contributed by atoms with Crippen LogP contribution in [0.15, 0.2) is 65.7 Å². The van der Waals surface area contributed by atoms with Crippen molar-refractivity contribution in [3.05, 3.63) is 71.8 Å². The molecule has 1 aliphatic heterocycles. The van der Waals surface area contributed by atoms with Crippen LogP contribution in [0.1, 0.15) is 58.1 Å². The molecule has 0 spiro atoms. The summed E-state index contributed by atoms with van der Waals surface area (Å²) in [6.07, 6.45) is 1.92. The molecule has 3 rings (SSSR count). The standard InChI is InChI=1S/C28H36N2O4/c1-5-33-26(31)24(20-21-16-18-30(19-17-21)27(32)34-28(2,3)4)29-25(22-12-8-6-9-13-22)23-14-10-7-11-15-23/h6-15,21,24H,5,16-20H2,1-4H3. The molecule has 0 aromatic heterocycles. The second kappa shape index (κ2) is 11.8. The lowest BCUT2D eigenvalue weighted by atomic mass is 9.90. The molecule has 6 nitrogen and oxygen atoms in total. The van der Waals surface area contributed by atoms with Gasteiger partial charge in [0.1, 0.15) is 11.6 Å². The van der Waals surface area contributed by atoms with E-state index in [2.05, 4.69) is 0 Å². The number of esters is 1. The summed E-state index contributed by atoms with van der Waals surface area (Å²) in [6, 6.07) is 19.2. The minimum Gasteiger partial charge on any atom is -0.464 e. The average molecular weight is 465 g/mol. The summed E-state index contributed by atoms with van der Waals surface area (Å²) in [5, 5.41) is 0. The van der Waals surface area contributed by atoms with Crippen LogP contribution in [0, 0.1) is 5.92 Å². The molecular formula is C28H36N2O4. The van der Waals surface area contributed by atoms with E-state index in [0.717, 1.165) is 29.7 Å². The Morgan fingerprint density at radius 1 is 0.971 bits per heavy atom. The number of hydrogen-bond acceptors (Lipinski definition) is 5. The third-order valence-corrected chi connectivity index (χ3v) is 5.76. The maximum Gasteiger partial charge on any atom is 0.410 e. The SMILES string of the molecule is CCOC(=O)C(CC1CCN(C(=O)OC(C)(C)C)CC1)N=C(c1ccccc1)c1ccccc1. The van der Waals surface area contributed by atoms with Gasteiger partial charge in [0.05, 0.1) is 12.3 Å². The Bertz CT molecular complexity index is 917. The van der Waals surface area contributed by atoms with Crippen molar-refractivity contribution in [2.75, 3.05) is 19.7 Å². The number of piperidine rings is 1. The fourth-order valence-corrected chi connectivity index (χ4v) is 4.10. The van der Waals surface area contributed by atoms with Crippen molar-refractivity contribution in [2.24, 2.45) is 10.9 Å². The zero-order valence-electron chi connectivity index (χ0n) is 20.7. The van der Waals surface area contributed by atoms with Gasteiger partial charge in [0.15, 0.2) is 0 Å². The molecule has 182 valence electrons. The number of likely N-dealkylation sites (tertiary alicyclic amines) is 1. The lowest BCUT2D eigenvalue weighted by molar-refractivity contribution is -0.145. The first-order chi connectivity index (χ1) is 16.3. The summed E-state index contributed by atoms with van der Waals surface area (Å²) in [5.41, 5.74) is 2.19. The second-order valence-electron chi connectivity index (χ2n) is 9.62. The summed E-state index contributed by atoms with van der Waals surface area (Å²) in [4.78, 5) is 32.1. The normalized spacial score (nSPS) is 15.4. The Balaban J connectivity index is 1.78. The van der Waals surface area contributed by atoms with Gasteiger partial charge in [-0.15, -0.1) is 0 Å². The van der Waals surface area contributed by atoms with E-state index in [1.165, 1.54) is 0 Å². The van der Waals surface area contributed by atoms with Crippen LogP contribution in [-0.2, 0) is 14.3 Å². The Hall–Kier alpha value is -3.15. The lowest BCUT2D eigenvalue weighted by Gasteiger charge is -2.34. The van der Waals surface area contributed by atoms with Crippen molar-refractivity contribution >= 4 is 17.8 Å². The Morgan fingerprint density at radius 3 is 1.97 bits per heavy atom. The summed E-state index contributed by atoms with van der Waals surface area (Å²) < 4.78 is 10.9. The van der Waals surface area contributed by atoms with Crippen LogP contribution < -0.4 is 0 Å². The van der Waals surface area contributed by atoms with Crippen molar-refractivity contribution in [3.63, 3.8) is 0 Å². The smallest absolute Gasteiger partial charge is 0.410 e. The minimum absolute atomic E-state index is 0.268. The Morgan fingerprint density at radius 2 is 1.50 bits per heavy atom. The molecule has 0 aliphatic carbocycles. The van der Waals surface area contributed by atoms with Crippen molar-refractivity contribution in [1.29, 1.82) is 0 Å². The van der Waals surface area contributed by atoms with Gasteiger partial charge in [0.2, 0.25) is 0 Å². The highest BCUT2D eigenvalue weighted by atomic mass is 16.6. The van der Waals surface area contributed by atoms with Gasteiger partial charge in [-0.05, 0) is 52.9 Å². The number of benzene rings is 2. The van der Waals surface area contributed by atoms with E-state index in [0.29, 0.717) is 26.1 Å². The molecule has 1 unspecified atom stereocenters. The number of ether oxygens (including phenoxy) is 2. The van der Waals surface area contributed by atoms with Crippen molar-refractivity contribution in [3.8, 4) is 0 Å². The molecule has 2 aromatic carbocycles. The summed E-state index contributed by atoms with van der Waals surface area (Å²) in [5.74, 6) is -0.0360. The minimum atomic E-state index is -0.603. The monoisotopic (exact) mass is 464 g/mol. The van der Waals surface area contributed by atoms with Crippen LogP contribution >= 0.6 is 0 Å². The molecule has 1 atom stereocenters. The highest BCUT2D eigenvalue weighted by molar-refractivity contribution is 6.13. The number of aliphatic imine (C=N–C) groups is 1. The van der Waals surface area contributed by atoms with Gasteiger partial charge >= 0.3 is 12.1 Å². The summed E-state index contributed by atoms with van der Waals surface area (Å²) >= 11 is 0. The van der Waals surface area contributed by atoms with E-state index in [1.807, 2.05) is 88.4 Å². The molecule has 1 amide bonds. The molecule has 6 heteroatoms. The summed E-state index contributed by atoms with van der Waals surface area (Å²) in [6.45, 7) is 8.97. The predicted molar refractivity (Wildman–Crippen MR) is 134 cm³/mol. The molecule has 1 saturated heterocycles. The zero-order chi connectivity index (χ0) is 24.6. The van der Waals surface area contributed by atoms with Gasteiger partial charge in [-0.1, -0.05) is 60.7 Å². The number of amides is 1. The van der Waals surface area contributed by atoms with Crippen LogP contribution in [0.4, 0.5) is 4.79 Å². The first kappa shape index (κ1) is 25.5. The number of carbonyl (C=O) groups is 2. The van der Waals surface area contributed by atoms with Crippen LogP contribution in [0.2, 0.25) is 0 Å². The Kier molecular flexibility index (Phi) is 8.85. The Labute approximate surface area is 203 Å². The van der Waals surface area contributed by atoms with Gasteiger partial charge in [-0.25, -0.2) is 9.59 Å². The fourth-order valence-electron chi connectivity index (χ4n) is 4.10. The molecule has 1 fully saturated rings. The van der Waals surface area contributed by atoms with E-state index < -0.39 is 11.6 Å². The second-order valence-corrected chi connectivity index (χ2v) is 9.62. The van der Waals surface area contributed by atoms with Gasteiger partial charge in [0, 0.05) is 24.2 Å². The van der Waals surface area contributed by atoms with Crippen LogP contribution in [0.25, 0.3) is 0 Å². The number of nitrogens with zero attached hydrogens (tertiary/aromatic N) is 2. The number of rotatable bonds is 7. The fraction of sp³-hybridized carbons (Fsp3) is 0.464. The van der Waals surface area contributed by atoms with Crippen LogP contribution in [0.5, 0.6) is 0 Å². The van der Waals surface area contributed by atoms with Crippen molar-refractivity contribution < 1.29 is 19.1 Å². The first-order valence-electron chi connectivity index (χ1n) is 12.1. The topological polar surface area (TPSA) is 68.2 Å². The van der Waals surface area contributed by atoms with E-state index in [9.17, 15) is 9.59 Å². The average Bonchev–Trinajstić information content (AvgIpc) is 2.82. The largest absolute Gasteiger partial charge is 0.464 e. The van der Waals surface area contributed by atoms with Crippen LogP contribution in [0.3, 0.4) is 0 Å². The van der Waals surface area contributed by atoms with E-state index in [1.54, 1.807) is 4.90 Å². The molecule has 1 heterocycles. The van der Waals surface area contributed by atoms with E-state index >= 15 is 0 Å². The number of carbonyl (C=O) groups excluding carboxylic acids is 2. The van der Waals surface area contributed by atoms with Gasteiger partial charge in [0.25, 0.3) is 0 Å². The predicted octanol–water partition coefficient (Wildman–Crippen LogP) is 5.49. The molecule has 34 heavy (non-hydrogen) atoms. The van der Waals surface area contributed by atoms with Gasteiger partial charge in [-0.3, -0.25) is 4.99 Å². The lowest BCUT2D eigenvalue weighted by Crippen LogP contribution is -2.42. The van der Waals surface area contributed by atoms with Crippen molar-refractivity contribution in [2.45, 2.75) is 58.6 Å². The van der Waals surface area contributed by atoms with Gasteiger partial charge < -0.3 is 14.4 Å². The molecule has 0 N–H and O–H groups in total. The molecule has 0 saturated carbocycles. The third kappa shape index (κ3) is 7.44. The maximum absolute atomic E-state index is 12.9. The molecule has 0 bridgehead atoms. The third-order valence-electron chi connectivity index (χ3n) is 5.76. The first-order valence-corrected chi connectivity index (χ1v) is 12.1. The molecule has 1 aliphatic rings. The maximum atomic E-state index is 12.9. The van der Waals surface area contributed by atoms with Crippen LogP contribution in [-0.4, -0.2) is 54.0 Å². The number of hydrogen-bond donors (Lipinski definition) is 0. The zero-order valence-corrected chi connectivity index (χ0v) is 20.7. The quantitative estimate of drug-likeness (QED) is 0.401. The van der Waals surface area contributed by atoms with E-state index in [-0.39, 0.29) is 18.0 Å².